The number of para-hydroxylation sites is 1. The van der Waals surface area contributed by atoms with E-state index in [9.17, 15) is 4.39 Å². The molecule has 1 N–H and O–H groups in total. The molecule has 1 nitrogen and oxygen atoms in total. The molecule has 0 fully saturated rings. The van der Waals surface area contributed by atoms with Crippen molar-refractivity contribution >= 4 is 28.9 Å². The van der Waals surface area contributed by atoms with Crippen molar-refractivity contribution in [1.29, 1.82) is 0 Å². The molecule has 0 aromatic heterocycles. The van der Waals surface area contributed by atoms with Gasteiger partial charge >= 0.3 is 0 Å². The minimum Gasteiger partial charge on any atom is -0.384 e. The Morgan fingerprint density at radius 3 is 2.74 bits per heavy atom. The van der Waals surface area contributed by atoms with E-state index in [1.807, 2.05) is 18.2 Å². The summed E-state index contributed by atoms with van der Waals surface area (Å²) in [6.45, 7) is 0.862. The monoisotopic (exact) mass is 295 g/mol. The quantitative estimate of drug-likeness (QED) is 0.820. The number of nitrogens with one attached hydrogen (secondary N) is 1. The van der Waals surface area contributed by atoms with Gasteiger partial charge in [-0.1, -0.05) is 47.5 Å². The first kappa shape index (κ1) is 12.8. The van der Waals surface area contributed by atoms with Gasteiger partial charge in [-0.25, -0.2) is 4.39 Å². The van der Waals surface area contributed by atoms with E-state index >= 15 is 0 Å². The van der Waals surface area contributed by atoms with Crippen LogP contribution in [0.4, 0.5) is 10.1 Å². The van der Waals surface area contributed by atoms with Crippen LogP contribution >= 0.6 is 23.2 Å². The van der Waals surface area contributed by atoms with Crippen molar-refractivity contribution in [1.82, 2.24) is 0 Å². The minimum atomic E-state index is -1.20. The first-order chi connectivity index (χ1) is 9.16. The van der Waals surface area contributed by atoms with Crippen LogP contribution in [-0.2, 0) is 6.42 Å². The van der Waals surface area contributed by atoms with E-state index in [4.69, 9.17) is 23.2 Å². The fourth-order valence-corrected chi connectivity index (χ4v) is 2.73. The number of benzene rings is 2. The van der Waals surface area contributed by atoms with E-state index < -0.39 is 6.17 Å². The van der Waals surface area contributed by atoms with Crippen LogP contribution < -0.4 is 5.32 Å². The summed E-state index contributed by atoms with van der Waals surface area (Å²) < 4.78 is 14.7. The maximum atomic E-state index is 14.7. The topological polar surface area (TPSA) is 12.0 Å². The molecule has 2 aromatic carbocycles. The predicted molar refractivity (Wildman–Crippen MR) is 78.0 cm³/mol. The maximum absolute atomic E-state index is 14.7. The average molecular weight is 296 g/mol. The highest BCUT2D eigenvalue weighted by Gasteiger charge is 2.21. The summed E-state index contributed by atoms with van der Waals surface area (Å²) >= 11 is 11.8. The molecule has 1 unspecified atom stereocenters. The summed E-state index contributed by atoms with van der Waals surface area (Å²) in [6.07, 6.45) is -0.257. The average Bonchev–Trinajstić information content (AvgIpc) is 2.89. The Kier molecular flexibility index (Phi) is 3.38. The molecule has 19 heavy (non-hydrogen) atoms. The summed E-state index contributed by atoms with van der Waals surface area (Å²) in [6, 6.07) is 10.6. The smallest absolute Gasteiger partial charge is 0.152 e. The number of hydrogen-bond donors (Lipinski definition) is 1. The van der Waals surface area contributed by atoms with Crippen LogP contribution in [0.2, 0.25) is 10.0 Å². The molecule has 0 spiro atoms. The Labute approximate surface area is 121 Å². The third-order valence-corrected chi connectivity index (χ3v) is 4.13. The van der Waals surface area contributed by atoms with Gasteiger partial charge in [-0.3, -0.25) is 0 Å². The van der Waals surface area contributed by atoms with E-state index in [0.29, 0.717) is 21.2 Å². The van der Waals surface area contributed by atoms with Crippen LogP contribution in [0.3, 0.4) is 0 Å². The molecule has 2 aromatic rings. The van der Waals surface area contributed by atoms with Gasteiger partial charge in [0.25, 0.3) is 0 Å². The van der Waals surface area contributed by atoms with Crippen molar-refractivity contribution in [3.63, 3.8) is 0 Å². The first-order valence-corrected chi connectivity index (χ1v) is 6.87. The van der Waals surface area contributed by atoms with Crippen molar-refractivity contribution in [2.24, 2.45) is 0 Å². The van der Waals surface area contributed by atoms with Gasteiger partial charge in [0.05, 0.1) is 10.0 Å². The number of rotatable bonds is 2. The zero-order chi connectivity index (χ0) is 13.4. The SMILES string of the molecule is FC(c1ccc(Cl)c(Cl)c1)c1cccc2c1NCC2. The predicted octanol–water partition coefficient (Wildman–Crippen LogP) is 5.02. The number of alkyl halides is 1. The van der Waals surface area contributed by atoms with Crippen molar-refractivity contribution in [3.8, 4) is 0 Å². The fourth-order valence-electron chi connectivity index (χ4n) is 2.43. The van der Waals surface area contributed by atoms with Crippen LogP contribution in [0.5, 0.6) is 0 Å². The third-order valence-electron chi connectivity index (χ3n) is 3.39. The molecular weight excluding hydrogens is 284 g/mol. The third kappa shape index (κ3) is 2.31. The first-order valence-electron chi connectivity index (χ1n) is 6.11. The van der Waals surface area contributed by atoms with Gasteiger partial charge < -0.3 is 5.32 Å². The highest BCUT2D eigenvalue weighted by atomic mass is 35.5. The molecule has 3 rings (SSSR count). The molecule has 98 valence electrons. The Morgan fingerprint density at radius 1 is 1.11 bits per heavy atom. The lowest BCUT2D eigenvalue weighted by atomic mass is 9.99. The van der Waals surface area contributed by atoms with Crippen LogP contribution in [0.15, 0.2) is 36.4 Å². The molecule has 1 aliphatic heterocycles. The second-order valence-electron chi connectivity index (χ2n) is 4.59. The van der Waals surface area contributed by atoms with Gasteiger partial charge in [0.15, 0.2) is 6.17 Å². The second-order valence-corrected chi connectivity index (χ2v) is 5.41. The van der Waals surface area contributed by atoms with Crippen LogP contribution in [0.25, 0.3) is 0 Å². The van der Waals surface area contributed by atoms with Gasteiger partial charge in [0.2, 0.25) is 0 Å². The maximum Gasteiger partial charge on any atom is 0.152 e. The van der Waals surface area contributed by atoms with Gasteiger partial charge in [-0.15, -0.1) is 0 Å². The second kappa shape index (κ2) is 5.03. The Morgan fingerprint density at radius 2 is 1.95 bits per heavy atom. The molecule has 0 saturated carbocycles. The summed E-state index contributed by atoms with van der Waals surface area (Å²) in [7, 11) is 0. The van der Waals surface area contributed by atoms with Crippen LogP contribution in [-0.4, -0.2) is 6.54 Å². The molecular formula is C15H12Cl2FN. The molecule has 1 heterocycles. The van der Waals surface area contributed by atoms with E-state index in [-0.39, 0.29) is 0 Å². The normalized spacial score (nSPS) is 14.9. The Bertz CT molecular complexity index is 628. The molecule has 0 saturated heterocycles. The number of anilines is 1. The lowest BCUT2D eigenvalue weighted by Gasteiger charge is -2.14. The summed E-state index contributed by atoms with van der Waals surface area (Å²) in [5.41, 5.74) is 3.27. The fraction of sp³-hybridized carbons (Fsp3) is 0.200. The van der Waals surface area contributed by atoms with Gasteiger partial charge in [-0.2, -0.15) is 0 Å². The highest BCUT2D eigenvalue weighted by molar-refractivity contribution is 6.42. The van der Waals surface area contributed by atoms with Crippen molar-refractivity contribution in [3.05, 3.63) is 63.1 Å². The highest BCUT2D eigenvalue weighted by Crippen LogP contribution is 2.37. The zero-order valence-electron chi connectivity index (χ0n) is 10.1. The number of fused-ring (bicyclic) bond motifs is 1. The van der Waals surface area contributed by atoms with Gasteiger partial charge in [0.1, 0.15) is 0 Å². The Hall–Kier alpha value is -1.25. The Balaban J connectivity index is 2.02. The molecule has 0 radical (unpaired) electrons. The number of halogens is 3. The molecule has 1 aliphatic rings. The van der Waals surface area contributed by atoms with Crippen molar-refractivity contribution in [2.75, 3.05) is 11.9 Å². The van der Waals surface area contributed by atoms with E-state index in [2.05, 4.69) is 5.32 Å². The zero-order valence-corrected chi connectivity index (χ0v) is 11.6. The van der Waals surface area contributed by atoms with E-state index in [1.165, 1.54) is 5.56 Å². The van der Waals surface area contributed by atoms with E-state index in [0.717, 1.165) is 18.7 Å². The molecule has 0 bridgehead atoms. The minimum absolute atomic E-state index is 0.377. The summed E-state index contributed by atoms with van der Waals surface area (Å²) in [5.74, 6) is 0. The standard InChI is InChI=1S/C15H12Cl2FN/c16-12-5-4-10(8-13(12)17)14(18)11-3-1-2-9-6-7-19-15(9)11/h1-5,8,14,19H,6-7H2. The molecule has 0 aliphatic carbocycles. The largest absolute Gasteiger partial charge is 0.384 e. The summed E-state index contributed by atoms with van der Waals surface area (Å²) in [4.78, 5) is 0. The van der Waals surface area contributed by atoms with Gasteiger partial charge in [-0.05, 0) is 29.7 Å². The van der Waals surface area contributed by atoms with Crippen LogP contribution in [0.1, 0.15) is 22.9 Å². The lowest BCUT2D eigenvalue weighted by Crippen LogP contribution is -2.00. The summed E-state index contributed by atoms with van der Waals surface area (Å²) in [5, 5.41) is 4.06. The molecule has 0 amide bonds. The van der Waals surface area contributed by atoms with Gasteiger partial charge in [0, 0.05) is 17.8 Å². The number of hydrogen-bond acceptors (Lipinski definition) is 1. The molecule has 1 atom stereocenters. The van der Waals surface area contributed by atoms with Crippen molar-refractivity contribution < 1.29 is 4.39 Å². The lowest BCUT2D eigenvalue weighted by molar-refractivity contribution is 0.403. The van der Waals surface area contributed by atoms with Crippen molar-refractivity contribution in [2.45, 2.75) is 12.6 Å². The molecule has 4 heteroatoms. The van der Waals surface area contributed by atoms with E-state index in [1.54, 1.807) is 18.2 Å². The van der Waals surface area contributed by atoms with Crippen LogP contribution in [0, 0.1) is 0 Å².